The number of carboxylic acids is 1. The van der Waals surface area contributed by atoms with Gasteiger partial charge in [-0.05, 0) is 29.2 Å². The number of ether oxygens (including phenoxy) is 1. The second-order valence-electron chi connectivity index (χ2n) is 7.55. The highest BCUT2D eigenvalue weighted by Crippen LogP contribution is 2.30. The Morgan fingerprint density at radius 3 is 2.48 bits per heavy atom. The Bertz CT molecular complexity index is 1060. The van der Waals surface area contributed by atoms with Crippen molar-refractivity contribution in [3.63, 3.8) is 0 Å². The monoisotopic (exact) mass is 500 g/mol. The van der Waals surface area contributed by atoms with E-state index in [0.29, 0.717) is 16.6 Å². The number of nitrogens with zero attached hydrogens (tertiary/aromatic N) is 2. The quantitative estimate of drug-likeness (QED) is 0.352. The van der Waals surface area contributed by atoms with Crippen LogP contribution in [-0.4, -0.2) is 29.0 Å². The van der Waals surface area contributed by atoms with Crippen molar-refractivity contribution in [1.29, 1.82) is 0 Å². The third-order valence-corrected chi connectivity index (χ3v) is 5.64. The Morgan fingerprint density at radius 2 is 1.88 bits per heavy atom. The molecule has 1 aromatic heterocycles. The first-order valence-electron chi connectivity index (χ1n) is 9.98. The van der Waals surface area contributed by atoms with Gasteiger partial charge in [0, 0.05) is 24.0 Å². The molecule has 3 rings (SSSR count). The highest BCUT2D eigenvalue weighted by atomic mass is 35.5. The summed E-state index contributed by atoms with van der Waals surface area (Å²) in [6, 6.07) is 13.7. The van der Waals surface area contributed by atoms with Gasteiger partial charge in [-0.25, -0.2) is 4.98 Å². The predicted octanol–water partition coefficient (Wildman–Crippen LogP) is 6.74. The van der Waals surface area contributed by atoms with Gasteiger partial charge in [-0.1, -0.05) is 50.2 Å². The minimum atomic E-state index is -4.78. The summed E-state index contributed by atoms with van der Waals surface area (Å²) >= 11 is 1.36. The van der Waals surface area contributed by atoms with E-state index in [-0.39, 0.29) is 37.7 Å². The lowest BCUT2D eigenvalue weighted by Crippen LogP contribution is -2.25. The average Bonchev–Trinajstić information content (AvgIpc) is 3.20. The van der Waals surface area contributed by atoms with Crippen LogP contribution in [0.2, 0.25) is 0 Å². The fourth-order valence-corrected chi connectivity index (χ4v) is 3.98. The highest BCUT2D eigenvalue weighted by molar-refractivity contribution is 7.14. The number of aromatic nitrogens is 1. The molecule has 0 spiro atoms. The Labute approximate surface area is 200 Å². The van der Waals surface area contributed by atoms with E-state index in [0.717, 1.165) is 11.3 Å². The van der Waals surface area contributed by atoms with Crippen LogP contribution in [0.1, 0.15) is 37.3 Å². The van der Waals surface area contributed by atoms with Crippen LogP contribution in [0.15, 0.2) is 53.9 Å². The smallest absolute Gasteiger partial charge is 0.481 e. The number of hydrogen-bond acceptors (Lipinski definition) is 5. The Morgan fingerprint density at radius 1 is 1.18 bits per heavy atom. The number of alkyl halides is 3. The number of anilines is 1. The molecule has 0 aliphatic carbocycles. The summed E-state index contributed by atoms with van der Waals surface area (Å²) in [4.78, 5) is 17.5. The normalized spacial score (nSPS) is 11.2. The molecule has 0 aliphatic heterocycles. The molecule has 0 bridgehead atoms. The second kappa shape index (κ2) is 11.4. The van der Waals surface area contributed by atoms with E-state index in [1.165, 1.54) is 35.1 Å². The second-order valence-corrected chi connectivity index (χ2v) is 8.39. The summed E-state index contributed by atoms with van der Waals surface area (Å²) in [5.74, 6) is -0.873. The lowest BCUT2D eigenvalue weighted by atomic mass is 10.0. The Hall–Kier alpha value is -2.78. The van der Waals surface area contributed by atoms with Crippen molar-refractivity contribution in [1.82, 2.24) is 4.98 Å². The van der Waals surface area contributed by atoms with Crippen LogP contribution in [-0.2, 0) is 11.3 Å². The third-order valence-electron chi connectivity index (χ3n) is 4.74. The van der Waals surface area contributed by atoms with Gasteiger partial charge in [0.1, 0.15) is 5.75 Å². The van der Waals surface area contributed by atoms with Crippen molar-refractivity contribution in [2.75, 3.05) is 11.4 Å². The van der Waals surface area contributed by atoms with Crippen molar-refractivity contribution in [3.05, 3.63) is 65.0 Å². The highest BCUT2D eigenvalue weighted by Gasteiger charge is 2.31. The summed E-state index contributed by atoms with van der Waals surface area (Å²) in [5.41, 5.74) is 3.47. The molecule has 0 fully saturated rings. The molecule has 0 saturated carbocycles. The average molecular weight is 501 g/mol. The summed E-state index contributed by atoms with van der Waals surface area (Å²) in [6.45, 7) is 4.59. The standard InChI is InChI=1S/C23H23F3N2O3S.ClH/c1-15(2)17-6-8-18(9-7-17)20-14-32-22(27-20)28(11-10-21(29)30)13-16-4-3-5-19(12-16)31-23(24,25)26;/h3-9,12,14-15H,10-11,13H2,1-2H3,(H,29,30);1H. The molecule has 0 radical (unpaired) electrons. The molecular formula is C23H24ClF3N2O3S. The molecule has 5 nitrogen and oxygen atoms in total. The van der Waals surface area contributed by atoms with Crippen LogP contribution >= 0.6 is 23.7 Å². The van der Waals surface area contributed by atoms with Crippen molar-refractivity contribution < 1.29 is 27.8 Å². The summed E-state index contributed by atoms with van der Waals surface area (Å²) in [6.07, 6.45) is -4.91. The minimum Gasteiger partial charge on any atom is -0.481 e. The maximum atomic E-state index is 12.5. The number of thiazole rings is 1. The first-order valence-corrected chi connectivity index (χ1v) is 10.9. The molecule has 1 heterocycles. The van der Waals surface area contributed by atoms with Crippen LogP contribution < -0.4 is 9.64 Å². The minimum absolute atomic E-state index is 0. The Balaban J connectivity index is 0.00000385. The van der Waals surface area contributed by atoms with Crippen LogP contribution in [0.25, 0.3) is 11.3 Å². The fraction of sp³-hybridized carbons (Fsp3) is 0.304. The molecular weight excluding hydrogens is 477 g/mol. The zero-order chi connectivity index (χ0) is 23.3. The molecule has 0 atom stereocenters. The van der Waals surface area contributed by atoms with Gasteiger partial charge in [-0.2, -0.15) is 0 Å². The van der Waals surface area contributed by atoms with E-state index in [9.17, 15) is 18.0 Å². The van der Waals surface area contributed by atoms with Gasteiger partial charge in [0.05, 0.1) is 12.1 Å². The number of halogens is 4. The summed E-state index contributed by atoms with van der Waals surface area (Å²) in [5, 5.41) is 11.6. The SMILES string of the molecule is CC(C)c1ccc(-c2csc(N(CCC(=O)O)Cc3cccc(OC(F)(F)F)c3)n2)cc1.Cl. The predicted molar refractivity (Wildman–Crippen MR) is 125 cm³/mol. The van der Waals surface area contributed by atoms with E-state index in [1.54, 1.807) is 11.0 Å². The number of benzene rings is 2. The molecule has 2 aromatic carbocycles. The Kier molecular flexibility index (Phi) is 9.13. The zero-order valence-electron chi connectivity index (χ0n) is 18.0. The molecule has 178 valence electrons. The van der Waals surface area contributed by atoms with Gasteiger partial charge in [-0.3, -0.25) is 4.79 Å². The molecule has 0 saturated heterocycles. The topological polar surface area (TPSA) is 62.7 Å². The van der Waals surface area contributed by atoms with Crippen molar-refractivity contribution in [3.8, 4) is 17.0 Å². The van der Waals surface area contributed by atoms with Crippen LogP contribution in [0, 0.1) is 0 Å². The number of rotatable bonds is 9. The van der Waals surface area contributed by atoms with E-state index < -0.39 is 12.3 Å². The van der Waals surface area contributed by atoms with Gasteiger partial charge in [0.25, 0.3) is 0 Å². The summed E-state index contributed by atoms with van der Waals surface area (Å²) in [7, 11) is 0. The molecule has 0 aliphatic rings. The lowest BCUT2D eigenvalue weighted by molar-refractivity contribution is -0.274. The third kappa shape index (κ3) is 7.94. The maximum absolute atomic E-state index is 12.5. The molecule has 0 unspecified atom stereocenters. The van der Waals surface area contributed by atoms with Gasteiger partial charge < -0.3 is 14.7 Å². The van der Waals surface area contributed by atoms with Gasteiger partial charge in [0.2, 0.25) is 0 Å². The van der Waals surface area contributed by atoms with Gasteiger partial charge >= 0.3 is 12.3 Å². The first-order chi connectivity index (χ1) is 15.1. The van der Waals surface area contributed by atoms with E-state index in [1.807, 2.05) is 29.6 Å². The fourth-order valence-electron chi connectivity index (χ4n) is 3.12. The number of carboxylic acid groups (broad SMARTS) is 1. The zero-order valence-corrected chi connectivity index (χ0v) is 19.6. The summed E-state index contributed by atoms with van der Waals surface area (Å²) < 4.78 is 41.6. The van der Waals surface area contributed by atoms with Crippen LogP contribution in [0.4, 0.5) is 18.3 Å². The molecule has 33 heavy (non-hydrogen) atoms. The van der Waals surface area contributed by atoms with Gasteiger partial charge in [-0.15, -0.1) is 36.9 Å². The molecule has 1 N–H and O–H groups in total. The molecule has 3 aromatic rings. The van der Waals surface area contributed by atoms with E-state index in [2.05, 4.69) is 23.6 Å². The van der Waals surface area contributed by atoms with Crippen molar-refractivity contribution in [2.24, 2.45) is 0 Å². The first kappa shape index (κ1) is 26.5. The van der Waals surface area contributed by atoms with Crippen LogP contribution in [0.5, 0.6) is 5.75 Å². The largest absolute Gasteiger partial charge is 0.573 e. The van der Waals surface area contributed by atoms with Crippen molar-refractivity contribution >= 4 is 34.8 Å². The van der Waals surface area contributed by atoms with E-state index in [4.69, 9.17) is 5.11 Å². The van der Waals surface area contributed by atoms with E-state index >= 15 is 0 Å². The van der Waals surface area contributed by atoms with Gasteiger partial charge in [0.15, 0.2) is 5.13 Å². The number of carbonyl (C=O) groups is 1. The molecule has 0 amide bonds. The van der Waals surface area contributed by atoms with Crippen molar-refractivity contribution in [2.45, 2.75) is 39.1 Å². The molecule has 10 heteroatoms. The number of hydrogen-bond donors (Lipinski definition) is 1. The van der Waals surface area contributed by atoms with Crippen LogP contribution in [0.3, 0.4) is 0 Å². The maximum Gasteiger partial charge on any atom is 0.573 e. The lowest BCUT2D eigenvalue weighted by Gasteiger charge is -2.21. The number of aliphatic carboxylic acids is 1.